The van der Waals surface area contributed by atoms with Crippen molar-refractivity contribution >= 4 is 16.0 Å². The van der Waals surface area contributed by atoms with Gasteiger partial charge in [-0.15, -0.1) is 0 Å². The highest BCUT2D eigenvalue weighted by atomic mass is 32.2. The zero-order valence-electron chi connectivity index (χ0n) is 9.26. The molecular formula is C9H17NO5S. The molecule has 1 fully saturated rings. The van der Waals surface area contributed by atoms with Crippen LogP contribution in [0.1, 0.15) is 12.8 Å². The van der Waals surface area contributed by atoms with Gasteiger partial charge in [0.1, 0.15) is 0 Å². The predicted molar refractivity (Wildman–Crippen MR) is 57.6 cm³/mol. The maximum Gasteiger partial charge on any atom is 0.320 e. The van der Waals surface area contributed by atoms with Crippen LogP contribution in [-0.4, -0.2) is 56.4 Å². The minimum absolute atomic E-state index is 0.376. The number of ether oxygens (including phenoxy) is 1. The zero-order valence-corrected chi connectivity index (χ0v) is 10.1. The highest BCUT2D eigenvalue weighted by molar-refractivity contribution is 7.89. The summed E-state index contributed by atoms with van der Waals surface area (Å²) in [5.41, 5.74) is 0. The molecule has 0 amide bonds. The number of hydrogen-bond acceptors (Lipinski definition) is 4. The van der Waals surface area contributed by atoms with E-state index in [0.717, 1.165) is 12.8 Å². The van der Waals surface area contributed by atoms with Gasteiger partial charge in [0, 0.05) is 26.8 Å². The normalized spacial score (nSPS) is 19.8. The maximum absolute atomic E-state index is 11.6. The van der Waals surface area contributed by atoms with Crippen molar-refractivity contribution in [3.8, 4) is 0 Å². The van der Waals surface area contributed by atoms with E-state index in [1.165, 1.54) is 4.31 Å². The number of carboxylic acid groups (broad SMARTS) is 1. The Balaban J connectivity index is 2.50. The first-order valence-electron chi connectivity index (χ1n) is 5.14. The fourth-order valence-corrected chi connectivity index (χ4v) is 3.10. The second-order valence-corrected chi connectivity index (χ2v) is 5.92. The lowest BCUT2D eigenvalue weighted by Crippen LogP contribution is -2.41. The van der Waals surface area contributed by atoms with Crippen molar-refractivity contribution in [1.29, 1.82) is 0 Å². The molecule has 0 aromatic heterocycles. The Labute approximate surface area is 95.2 Å². The van der Waals surface area contributed by atoms with Crippen LogP contribution in [0.4, 0.5) is 0 Å². The predicted octanol–water partition coefficient (Wildman–Crippen LogP) is -0.241. The lowest BCUT2D eigenvalue weighted by molar-refractivity contribution is -0.134. The Morgan fingerprint density at radius 2 is 2.00 bits per heavy atom. The van der Waals surface area contributed by atoms with Crippen LogP contribution in [0.2, 0.25) is 0 Å². The van der Waals surface area contributed by atoms with E-state index in [4.69, 9.17) is 9.84 Å². The molecular weight excluding hydrogens is 234 g/mol. The van der Waals surface area contributed by atoms with Gasteiger partial charge in [0.15, 0.2) is 5.75 Å². The van der Waals surface area contributed by atoms with E-state index in [1.54, 1.807) is 7.11 Å². The van der Waals surface area contributed by atoms with Gasteiger partial charge in [0.05, 0.1) is 0 Å². The van der Waals surface area contributed by atoms with Crippen LogP contribution in [0.25, 0.3) is 0 Å². The Morgan fingerprint density at radius 3 is 2.44 bits per heavy atom. The van der Waals surface area contributed by atoms with Crippen molar-refractivity contribution in [3.63, 3.8) is 0 Å². The molecule has 6 nitrogen and oxygen atoms in total. The summed E-state index contributed by atoms with van der Waals surface area (Å²) in [6, 6.07) is 0. The number of methoxy groups -OCH3 is 1. The van der Waals surface area contributed by atoms with Gasteiger partial charge >= 0.3 is 5.97 Å². The first kappa shape index (κ1) is 13.4. The molecule has 1 heterocycles. The lowest BCUT2D eigenvalue weighted by atomic mass is 9.99. The van der Waals surface area contributed by atoms with Crippen LogP contribution in [-0.2, 0) is 19.6 Å². The Kier molecular flexibility index (Phi) is 4.69. The van der Waals surface area contributed by atoms with E-state index in [2.05, 4.69) is 0 Å². The highest BCUT2D eigenvalue weighted by Crippen LogP contribution is 2.19. The summed E-state index contributed by atoms with van der Waals surface area (Å²) in [6.45, 7) is 1.42. The monoisotopic (exact) mass is 251 g/mol. The largest absolute Gasteiger partial charge is 0.480 e. The van der Waals surface area contributed by atoms with Crippen molar-refractivity contribution in [1.82, 2.24) is 4.31 Å². The van der Waals surface area contributed by atoms with Crippen LogP contribution < -0.4 is 0 Å². The van der Waals surface area contributed by atoms with Gasteiger partial charge < -0.3 is 9.84 Å². The molecule has 7 heteroatoms. The molecule has 16 heavy (non-hydrogen) atoms. The molecule has 1 saturated heterocycles. The molecule has 0 bridgehead atoms. The van der Waals surface area contributed by atoms with Crippen LogP contribution in [0.15, 0.2) is 0 Å². The van der Waals surface area contributed by atoms with E-state index in [9.17, 15) is 13.2 Å². The third-order valence-corrected chi connectivity index (χ3v) is 4.44. The molecule has 1 aliphatic heterocycles. The van der Waals surface area contributed by atoms with E-state index in [-0.39, 0.29) is 0 Å². The zero-order chi connectivity index (χ0) is 12.2. The molecule has 0 atom stereocenters. The third kappa shape index (κ3) is 3.73. The van der Waals surface area contributed by atoms with Gasteiger partial charge in [0.25, 0.3) is 0 Å². The topological polar surface area (TPSA) is 83.9 Å². The third-order valence-electron chi connectivity index (χ3n) is 2.68. The van der Waals surface area contributed by atoms with Crippen molar-refractivity contribution < 1.29 is 23.1 Å². The van der Waals surface area contributed by atoms with Crippen molar-refractivity contribution in [3.05, 3.63) is 0 Å². The molecule has 0 saturated carbocycles. The molecule has 0 aliphatic carbocycles. The van der Waals surface area contributed by atoms with Gasteiger partial charge in [-0.25, -0.2) is 12.7 Å². The number of carboxylic acids is 1. The van der Waals surface area contributed by atoms with Crippen LogP contribution >= 0.6 is 0 Å². The van der Waals surface area contributed by atoms with Gasteiger partial charge in [-0.3, -0.25) is 4.79 Å². The summed E-state index contributed by atoms with van der Waals surface area (Å²) >= 11 is 0. The fourth-order valence-electron chi connectivity index (χ4n) is 1.84. The molecule has 0 aromatic carbocycles. The van der Waals surface area contributed by atoms with E-state index in [0.29, 0.717) is 25.6 Å². The first-order valence-corrected chi connectivity index (χ1v) is 6.75. The smallest absolute Gasteiger partial charge is 0.320 e. The van der Waals surface area contributed by atoms with Crippen LogP contribution in [0, 0.1) is 5.92 Å². The van der Waals surface area contributed by atoms with Crippen molar-refractivity contribution in [2.24, 2.45) is 5.92 Å². The summed E-state index contributed by atoms with van der Waals surface area (Å²) in [5, 5.41) is 8.49. The van der Waals surface area contributed by atoms with E-state index in [1.807, 2.05) is 0 Å². The summed E-state index contributed by atoms with van der Waals surface area (Å²) in [7, 11) is -2.01. The molecule has 1 rings (SSSR count). The Hall–Kier alpha value is -0.660. The minimum atomic E-state index is -3.63. The minimum Gasteiger partial charge on any atom is -0.480 e. The fraction of sp³-hybridized carbons (Fsp3) is 0.889. The van der Waals surface area contributed by atoms with Crippen molar-refractivity contribution in [2.75, 3.05) is 32.6 Å². The van der Waals surface area contributed by atoms with Crippen molar-refractivity contribution in [2.45, 2.75) is 12.8 Å². The van der Waals surface area contributed by atoms with Gasteiger partial charge in [-0.05, 0) is 18.8 Å². The average Bonchev–Trinajstić information content (AvgIpc) is 2.17. The van der Waals surface area contributed by atoms with E-state index < -0.39 is 21.7 Å². The van der Waals surface area contributed by atoms with Crippen LogP contribution in [0.5, 0.6) is 0 Å². The van der Waals surface area contributed by atoms with E-state index >= 15 is 0 Å². The summed E-state index contributed by atoms with van der Waals surface area (Å²) in [5.74, 6) is -1.75. The number of sulfonamides is 1. The number of hydrogen-bond donors (Lipinski definition) is 1. The maximum atomic E-state index is 11.6. The quantitative estimate of drug-likeness (QED) is 0.729. The molecule has 0 radical (unpaired) electrons. The Bertz CT molecular complexity index is 332. The number of piperidine rings is 1. The molecule has 1 N–H and O–H groups in total. The number of rotatable bonds is 5. The number of aliphatic carboxylic acids is 1. The molecule has 0 aromatic rings. The van der Waals surface area contributed by atoms with Gasteiger partial charge in [-0.1, -0.05) is 0 Å². The average molecular weight is 251 g/mol. The van der Waals surface area contributed by atoms with Gasteiger partial charge in [-0.2, -0.15) is 0 Å². The number of carbonyl (C=O) groups is 1. The first-order chi connectivity index (χ1) is 7.45. The standard InChI is InChI=1S/C9H17NO5S/c1-15-6-8-2-4-10(5-3-8)16(13,14)7-9(11)12/h8H,2-7H2,1H3,(H,11,12). The summed E-state index contributed by atoms with van der Waals surface area (Å²) in [4.78, 5) is 10.4. The van der Waals surface area contributed by atoms with Crippen LogP contribution in [0.3, 0.4) is 0 Å². The second kappa shape index (κ2) is 5.60. The molecule has 0 unspecified atom stereocenters. The summed E-state index contributed by atoms with van der Waals surface area (Å²) in [6.07, 6.45) is 1.46. The second-order valence-electron chi connectivity index (χ2n) is 3.95. The lowest BCUT2D eigenvalue weighted by Gasteiger charge is -2.30. The van der Waals surface area contributed by atoms with Gasteiger partial charge in [0.2, 0.25) is 10.0 Å². The molecule has 0 spiro atoms. The molecule has 1 aliphatic rings. The SMILES string of the molecule is COCC1CCN(S(=O)(=O)CC(=O)O)CC1. The number of nitrogens with zero attached hydrogens (tertiary/aromatic N) is 1. The molecule has 94 valence electrons. The summed E-state index contributed by atoms with van der Waals surface area (Å²) < 4.78 is 29.4. The Morgan fingerprint density at radius 1 is 1.44 bits per heavy atom. The highest BCUT2D eigenvalue weighted by Gasteiger charge is 2.29.